The van der Waals surface area contributed by atoms with Crippen molar-refractivity contribution in [3.63, 3.8) is 0 Å². The van der Waals surface area contributed by atoms with Crippen LogP contribution in [0.5, 0.6) is 11.5 Å². The van der Waals surface area contributed by atoms with Gasteiger partial charge < -0.3 is 19.5 Å². The summed E-state index contributed by atoms with van der Waals surface area (Å²) in [4.78, 5) is 38.9. The molecule has 0 aliphatic rings. The molecule has 0 aliphatic heterocycles. The molecule has 0 atom stereocenters. The van der Waals surface area contributed by atoms with Crippen LogP contribution in [0.25, 0.3) is 16.5 Å². The van der Waals surface area contributed by atoms with Crippen LogP contribution in [-0.4, -0.2) is 42.0 Å². The molecule has 0 bridgehead atoms. The molecule has 0 radical (unpaired) electrons. The topological polar surface area (TPSA) is 109 Å². The van der Waals surface area contributed by atoms with E-state index in [0.717, 1.165) is 16.0 Å². The zero-order chi connectivity index (χ0) is 26.5. The molecule has 4 rings (SSSR count). The maximum Gasteiger partial charge on any atom is 0.359 e. The fourth-order valence-electron chi connectivity index (χ4n) is 3.67. The van der Waals surface area contributed by atoms with E-state index in [1.165, 1.54) is 12.7 Å². The number of carbonyl (C=O) groups is 2. The maximum atomic E-state index is 13.5. The summed E-state index contributed by atoms with van der Waals surface area (Å²) in [5.41, 5.74) is 1.03. The van der Waals surface area contributed by atoms with Gasteiger partial charge in [-0.15, -0.1) is 11.3 Å². The van der Waals surface area contributed by atoms with Gasteiger partial charge in [0.1, 0.15) is 16.5 Å². The molecule has 1 amide bonds. The van der Waals surface area contributed by atoms with Crippen LogP contribution in [0.2, 0.25) is 0 Å². The monoisotopic (exact) mass is 521 g/mol. The van der Waals surface area contributed by atoms with Gasteiger partial charge in [-0.1, -0.05) is 32.0 Å². The molecule has 2 aromatic carbocycles. The van der Waals surface area contributed by atoms with Gasteiger partial charge in [0.05, 0.1) is 24.8 Å². The molecular weight excluding hydrogens is 494 g/mol. The predicted octanol–water partition coefficient (Wildman–Crippen LogP) is 4.77. The van der Waals surface area contributed by atoms with Gasteiger partial charge in [-0.3, -0.25) is 9.59 Å². The second-order valence-electron chi connectivity index (χ2n) is 8.40. The molecule has 2 heterocycles. The van der Waals surface area contributed by atoms with Crippen molar-refractivity contribution in [3.05, 3.63) is 75.5 Å². The fourth-order valence-corrected chi connectivity index (χ4v) is 4.62. The number of aromatic nitrogens is 2. The van der Waals surface area contributed by atoms with Crippen LogP contribution >= 0.6 is 11.3 Å². The minimum atomic E-state index is -0.673. The molecule has 0 saturated carbocycles. The normalized spacial score (nSPS) is 10.9. The fraction of sp³-hybridized carbons (Fsp3) is 0.259. The molecule has 37 heavy (non-hydrogen) atoms. The minimum absolute atomic E-state index is 0.0301. The van der Waals surface area contributed by atoms with Gasteiger partial charge in [0.25, 0.3) is 11.5 Å². The SMILES string of the molecule is CCOC(=O)c1nn(-c2cccc(OC)c2)c(=O)c2c(NC(=O)COc3ccc(C(C)C)cc3)scc12. The Hall–Kier alpha value is -4.18. The summed E-state index contributed by atoms with van der Waals surface area (Å²) >= 11 is 1.12. The van der Waals surface area contributed by atoms with E-state index < -0.39 is 17.4 Å². The van der Waals surface area contributed by atoms with Gasteiger partial charge >= 0.3 is 5.97 Å². The second kappa shape index (κ2) is 11.3. The Morgan fingerprint density at radius 2 is 1.86 bits per heavy atom. The molecule has 4 aromatic rings. The van der Waals surface area contributed by atoms with E-state index >= 15 is 0 Å². The van der Waals surface area contributed by atoms with Crippen molar-refractivity contribution in [1.82, 2.24) is 9.78 Å². The Balaban J connectivity index is 1.67. The molecule has 2 aromatic heterocycles. The molecular formula is C27H27N3O6S. The van der Waals surface area contributed by atoms with Gasteiger partial charge in [-0.2, -0.15) is 9.78 Å². The summed E-state index contributed by atoms with van der Waals surface area (Å²) in [5.74, 6) is 0.345. The highest BCUT2D eigenvalue weighted by Gasteiger charge is 2.23. The van der Waals surface area contributed by atoms with E-state index in [9.17, 15) is 14.4 Å². The lowest BCUT2D eigenvalue weighted by atomic mass is 10.0. The van der Waals surface area contributed by atoms with Crippen LogP contribution in [0.3, 0.4) is 0 Å². The Bertz CT molecular complexity index is 1490. The zero-order valence-corrected chi connectivity index (χ0v) is 21.8. The highest BCUT2D eigenvalue weighted by Crippen LogP contribution is 2.31. The number of ether oxygens (including phenoxy) is 3. The van der Waals surface area contributed by atoms with Gasteiger partial charge in [-0.25, -0.2) is 4.79 Å². The van der Waals surface area contributed by atoms with Crippen molar-refractivity contribution >= 4 is 39.0 Å². The van der Waals surface area contributed by atoms with Crippen molar-refractivity contribution in [1.29, 1.82) is 0 Å². The van der Waals surface area contributed by atoms with Crippen LogP contribution in [0.15, 0.2) is 58.7 Å². The number of amides is 1. The molecule has 1 N–H and O–H groups in total. The first-order chi connectivity index (χ1) is 17.8. The third kappa shape index (κ3) is 5.64. The first-order valence-corrected chi connectivity index (χ1v) is 12.6. The first-order valence-electron chi connectivity index (χ1n) is 11.7. The molecule has 0 spiro atoms. The number of carbonyl (C=O) groups excluding carboxylic acids is 2. The van der Waals surface area contributed by atoms with Crippen LogP contribution < -0.4 is 20.3 Å². The average molecular weight is 522 g/mol. The minimum Gasteiger partial charge on any atom is -0.497 e. The van der Waals surface area contributed by atoms with E-state index in [2.05, 4.69) is 24.3 Å². The summed E-state index contributed by atoms with van der Waals surface area (Å²) in [6.07, 6.45) is 0. The number of hydrogen-bond donors (Lipinski definition) is 1. The van der Waals surface area contributed by atoms with Crippen molar-refractivity contribution < 1.29 is 23.8 Å². The number of nitrogens with zero attached hydrogens (tertiary/aromatic N) is 2. The van der Waals surface area contributed by atoms with E-state index in [0.29, 0.717) is 28.5 Å². The summed E-state index contributed by atoms with van der Waals surface area (Å²) in [6, 6.07) is 14.3. The lowest BCUT2D eigenvalue weighted by molar-refractivity contribution is -0.118. The summed E-state index contributed by atoms with van der Waals surface area (Å²) in [7, 11) is 1.51. The number of hydrogen-bond acceptors (Lipinski definition) is 8. The predicted molar refractivity (Wildman–Crippen MR) is 142 cm³/mol. The van der Waals surface area contributed by atoms with E-state index in [1.54, 1.807) is 36.6 Å². The van der Waals surface area contributed by atoms with Gasteiger partial charge in [0.15, 0.2) is 12.3 Å². The number of esters is 1. The Kier molecular flexibility index (Phi) is 7.88. The van der Waals surface area contributed by atoms with Gasteiger partial charge in [-0.05, 0) is 42.7 Å². The summed E-state index contributed by atoms with van der Waals surface area (Å²) < 4.78 is 17.1. The standard InChI is InChI=1S/C27H27N3O6S/c1-5-35-27(33)24-21-15-37-25(28-22(31)14-36-19-11-9-17(10-12-19)16(2)3)23(21)26(32)30(29-24)18-7-6-8-20(13-18)34-4/h6-13,15-16H,5,14H2,1-4H3,(H,28,31). The van der Waals surface area contributed by atoms with Crippen LogP contribution in [-0.2, 0) is 9.53 Å². The quantitative estimate of drug-likeness (QED) is 0.316. The lowest BCUT2D eigenvalue weighted by Crippen LogP contribution is -2.26. The Morgan fingerprint density at radius 3 is 2.54 bits per heavy atom. The van der Waals surface area contributed by atoms with E-state index in [-0.39, 0.29) is 29.3 Å². The van der Waals surface area contributed by atoms with Crippen molar-refractivity contribution in [2.24, 2.45) is 0 Å². The third-order valence-electron chi connectivity index (χ3n) is 5.59. The number of nitrogens with one attached hydrogen (secondary N) is 1. The Labute approximate surface area is 217 Å². The molecule has 0 fully saturated rings. The number of anilines is 1. The maximum absolute atomic E-state index is 13.5. The number of methoxy groups -OCH3 is 1. The molecule has 192 valence electrons. The first kappa shape index (κ1) is 25.9. The highest BCUT2D eigenvalue weighted by atomic mass is 32.1. The van der Waals surface area contributed by atoms with Crippen LogP contribution in [0, 0.1) is 0 Å². The van der Waals surface area contributed by atoms with Gasteiger partial charge in [0, 0.05) is 16.8 Å². The molecule has 0 aliphatic carbocycles. The molecule has 9 nitrogen and oxygen atoms in total. The largest absolute Gasteiger partial charge is 0.497 e. The van der Waals surface area contributed by atoms with E-state index in [1.807, 2.05) is 24.3 Å². The summed E-state index contributed by atoms with van der Waals surface area (Å²) in [6.45, 7) is 5.77. The van der Waals surface area contributed by atoms with E-state index in [4.69, 9.17) is 14.2 Å². The number of fused-ring (bicyclic) bond motifs is 1. The van der Waals surface area contributed by atoms with Crippen molar-refractivity contribution in [3.8, 4) is 17.2 Å². The van der Waals surface area contributed by atoms with Crippen LogP contribution in [0.4, 0.5) is 5.00 Å². The highest BCUT2D eigenvalue weighted by molar-refractivity contribution is 7.16. The average Bonchev–Trinajstić information content (AvgIpc) is 3.32. The zero-order valence-electron chi connectivity index (χ0n) is 20.9. The number of benzene rings is 2. The smallest absolute Gasteiger partial charge is 0.359 e. The second-order valence-corrected chi connectivity index (χ2v) is 9.28. The Morgan fingerprint density at radius 1 is 1.11 bits per heavy atom. The van der Waals surface area contributed by atoms with Crippen molar-refractivity contribution in [2.45, 2.75) is 26.7 Å². The summed E-state index contributed by atoms with van der Waals surface area (Å²) in [5, 5.41) is 9.38. The molecule has 0 unspecified atom stereocenters. The van der Waals surface area contributed by atoms with Crippen molar-refractivity contribution in [2.75, 3.05) is 25.6 Å². The van der Waals surface area contributed by atoms with Crippen LogP contribution in [0.1, 0.15) is 42.7 Å². The number of rotatable bonds is 9. The van der Waals surface area contributed by atoms with Gasteiger partial charge in [0.2, 0.25) is 0 Å². The number of thiophene rings is 1. The lowest BCUT2D eigenvalue weighted by Gasteiger charge is -2.11. The third-order valence-corrected chi connectivity index (χ3v) is 6.48. The molecule has 0 saturated heterocycles. The molecule has 10 heteroatoms.